The monoisotopic (exact) mass is 356 g/mol. The van der Waals surface area contributed by atoms with Crippen LogP contribution in [0.25, 0.3) is 0 Å². The number of nitrogens with one attached hydrogen (secondary N) is 2. The van der Waals surface area contributed by atoms with Crippen LogP contribution in [-0.2, 0) is 22.7 Å². The molecule has 0 bridgehead atoms. The highest BCUT2D eigenvalue weighted by Gasteiger charge is 2.39. The van der Waals surface area contributed by atoms with Gasteiger partial charge in [0.15, 0.2) is 0 Å². The highest BCUT2D eigenvalue weighted by atomic mass is 16.2. The minimum atomic E-state index is -0.573. The summed E-state index contributed by atoms with van der Waals surface area (Å²) in [7, 11) is 0. The molecule has 2 heterocycles. The van der Waals surface area contributed by atoms with E-state index in [1.54, 1.807) is 4.90 Å². The van der Waals surface area contributed by atoms with Crippen molar-refractivity contribution in [3.05, 3.63) is 34.9 Å². The maximum absolute atomic E-state index is 12.8. The van der Waals surface area contributed by atoms with Crippen molar-refractivity contribution < 1.29 is 14.4 Å². The van der Waals surface area contributed by atoms with E-state index in [-0.39, 0.29) is 30.2 Å². The second-order valence-electron chi connectivity index (χ2n) is 7.43. The Balaban J connectivity index is 1.50. The van der Waals surface area contributed by atoms with Crippen LogP contribution in [0.15, 0.2) is 18.2 Å². The summed E-state index contributed by atoms with van der Waals surface area (Å²) < 4.78 is 0. The third-order valence-corrected chi connectivity index (χ3v) is 5.80. The Kier molecular flexibility index (Phi) is 4.50. The van der Waals surface area contributed by atoms with Gasteiger partial charge in [-0.1, -0.05) is 18.6 Å². The van der Waals surface area contributed by atoms with Gasteiger partial charge in [-0.3, -0.25) is 19.7 Å². The number of amides is 3. The normalized spacial score (nSPS) is 28.4. The van der Waals surface area contributed by atoms with Gasteiger partial charge in [0.2, 0.25) is 11.8 Å². The molecule has 0 radical (unpaired) electrons. The average Bonchev–Trinajstić information content (AvgIpc) is 3.17. The lowest BCUT2D eigenvalue weighted by atomic mass is 10.0. The summed E-state index contributed by atoms with van der Waals surface area (Å²) in [5.41, 5.74) is 8.83. The van der Waals surface area contributed by atoms with Crippen molar-refractivity contribution in [3.8, 4) is 0 Å². The fourth-order valence-electron chi connectivity index (χ4n) is 4.30. The number of carbonyl (C=O) groups excluding carboxylic acids is 3. The minimum absolute atomic E-state index is 0.131. The Morgan fingerprint density at radius 1 is 1.19 bits per heavy atom. The van der Waals surface area contributed by atoms with Crippen LogP contribution in [0, 0.1) is 0 Å². The molecule has 26 heavy (non-hydrogen) atoms. The number of carbonyl (C=O) groups is 3. The van der Waals surface area contributed by atoms with Gasteiger partial charge in [-0.25, -0.2) is 0 Å². The lowest BCUT2D eigenvalue weighted by Crippen LogP contribution is -2.52. The molecule has 1 aromatic rings. The first-order valence-electron chi connectivity index (χ1n) is 9.29. The van der Waals surface area contributed by atoms with Crippen molar-refractivity contribution in [1.82, 2.24) is 15.5 Å². The molecule has 0 spiro atoms. The molecule has 3 atom stereocenters. The van der Waals surface area contributed by atoms with Crippen molar-refractivity contribution in [2.24, 2.45) is 5.73 Å². The summed E-state index contributed by atoms with van der Waals surface area (Å²) in [5.74, 6) is -0.777. The van der Waals surface area contributed by atoms with E-state index in [0.717, 1.165) is 30.4 Å². The van der Waals surface area contributed by atoms with E-state index in [4.69, 9.17) is 5.73 Å². The van der Waals surface area contributed by atoms with Crippen LogP contribution >= 0.6 is 0 Å². The van der Waals surface area contributed by atoms with Gasteiger partial charge in [0.05, 0.1) is 0 Å². The fraction of sp³-hybridized carbons (Fsp3) is 0.526. The number of benzene rings is 1. The first kappa shape index (κ1) is 17.2. The maximum atomic E-state index is 12.8. The van der Waals surface area contributed by atoms with Gasteiger partial charge in [0, 0.05) is 37.2 Å². The van der Waals surface area contributed by atoms with Gasteiger partial charge >= 0.3 is 0 Å². The number of fused-ring (bicyclic) bond motifs is 1. The lowest BCUT2D eigenvalue weighted by Gasteiger charge is -2.29. The first-order valence-corrected chi connectivity index (χ1v) is 9.29. The Morgan fingerprint density at radius 2 is 2.04 bits per heavy atom. The van der Waals surface area contributed by atoms with Crippen molar-refractivity contribution in [3.63, 3.8) is 0 Å². The molecule has 1 saturated heterocycles. The van der Waals surface area contributed by atoms with Gasteiger partial charge < -0.3 is 16.0 Å². The van der Waals surface area contributed by atoms with Crippen LogP contribution in [0.1, 0.15) is 53.6 Å². The largest absolute Gasteiger partial charge is 0.326 e. The van der Waals surface area contributed by atoms with Crippen LogP contribution in [0.5, 0.6) is 0 Å². The van der Waals surface area contributed by atoms with Crippen molar-refractivity contribution in [2.75, 3.05) is 0 Å². The van der Waals surface area contributed by atoms with Crippen molar-refractivity contribution in [2.45, 2.75) is 63.3 Å². The van der Waals surface area contributed by atoms with E-state index >= 15 is 0 Å². The van der Waals surface area contributed by atoms with Crippen molar-refractivity contribution in [1.29, 1.82) is 0 Å². The first-order chi connectivity index (χ1) is 12.5. The van der Waals surface area contributed by atoms with E-state index in [1.807, 2.05) is 18.2 Å². The summed E-state index contributed by atoms with van der Waals surface area (Å²) in [4.78, 5) is 37.9. The van der Waals surface area contributed by atoms with Crippen LogP contribution in [0.3, 0.4) is 0 Å². The predicted molar refractivity (Wildman–Crippen MR) is 94.9 cm³/mol. The van der Waals surface area contributed by atoms with Crippen LogP contribution < -0.4 is 16.4 Å². The maximum Gasteiger partial charge on any atom is 0.255 e. The summed E-state index contributed by atoms with van der Waals surface area (Å²) in [6, 6.07) is 5.65. The molecule has 2 aliphatic heterocycles. The summed E-state index contributed by atoms with van der Waals surface area (Å²) >= 11 is 0. The Bertz CT molecular complexity index is 763. The molecular weight excluding hydrogens is 332 g/mol. The van der Waals surface area contributed by atoms with Gasteiger partial charge in [0.25, 0.3) is 5.91 Å². The molecule has 0 aromatic heterocycles. The smallest absolute Gasteiger partial charge is 0.255 e. The Labute approximate surface area is 152 Å². The van der Waals surface area contributed by atoms with E-state index in [0.29, 0.717) is 31.1 Å². The second-order valence-corrected chi connectivity index (χ2v) is 7.43. The summed E-state index contributed by atoms with van der Waals surface area (Å²) in [6.07, 6.45) is 3.93. The molecule has 1 unspecified atom stereocenters. The topological polar surface area (TPSA) is 105 Å². The number of piperidine rings is 1. The molecular formula is C19H24N4O3. The van der Waals surface area contributed by atoms with E-state index in [9.17, 15) is 14.4 Å². The molecule has 3 aliphatic rings. The van der Waals surface area contributed by atoms with Crippen LogP contribution in [0.2, 0.25) is 0 Å². The Hall–Kier alpha value is -2.25. The van der Waals surface area contributed by atoms with Gasteiger partial charge in [-0.2, -0.15) is 0 Å². The number of rotatable bonds is 4. The van der Waals surface area contributed by atoms with E-state index in [1.165, 1.54) is 0 Å². The van der Waals surface area contributed by atoms with Gasteiger partial charge in [-0.05, 0) is 36.5 Å². The Morgan fingerprint density at radius 3 is 2.77 bits per heavy atom. The molecule has 1 saturated carbocycles. The van der Waals surface area contributed by atoms with Crippen LogP contribution in [0.4, 0.5) is 0 Å². The SMILES string of the molecule is N[C@@H]1CCC[C@@H]1NCc1cccc2c1CN(C1CCC(=O)NC1=O)C2=O. The second kappa shape index (κ2) is 6.81. The number of hydrogen-bond donors (Lipinski definition) is 3. The highest BCUT2D eigenvalue weighted by Crippen LogP contribution is 2.30. The molecule has 1 aromatic carbocycles. The van der Waals surface area contributed by atoms with E-state index < -0.39 is 6.04 Å². The molecule has 2 fully saturated rings. The standard InChI is InChI=1S/C19H24N4O3/c20-14-5-2-6-15(14)21-9-11-3-1-4-12-13(11)10-23(19(12)26)16-7-8-17(24)22-18(16)25/h1,3-4,14-16,21H,2,5-10,20H2,(H,22,24,25)/t14-,15+,16?/m1/s1. The predicted octanol–water partition coefficient (Wildman–Crippen LogP) is 0.417. The molecule has 7 nitrogen and oxygen atoms in total. The highest BCUT2D eigenvalue weighted by molar-refractivity contribution is 6.05. The molecule has 3 amide bonds. The third-order valence-electron chi connectivity index (χ3n) is 5.80. The minimum Gasteiger partial charge on any atom is -0.326 e. The number of nitrogens with zero attached hydrogens (tertiary/aromatic N) is 1. The van der Waals surface area contributed by atoms with Crippen LogP contribution in [-0.4, -0.2) is 40.7 Å². The molecule has 4 rings (SSSR count). The number of hydrogen-bond acceptors (Lipinski definition) is 5. The molecule has 1 aliphatic carbocycles. The van der Waals surface area contributed by atoms with Gasteiger partial charge in [-0.15, -0.1) is 0 Å². The average molecular weight is 356 g/mol. The third kappa shape index (κ3) is 3.01. The number of imide groups is 1. The zero-order valence-corrected chi connectivity index (χ0v) is 14.7. The van der Waals surface area contributed by atoms with Crippen molar-refractivity contribution >= 4 is 17.7 Å². The zero-order valence-electron chi connectivity index (χ0n) is 14.7. The summed E-state index contributed by atoms with van der Waals surface area (Å²) in [6.45, 7) is 1.08. The molecule has 138 valence electrons. The molecule has 7 heteroatoms. The number of nitrogens with two attached hydrogens (primary N) is 1. The zero-order chi connectivity index (χ0) is 18.3. The quantitative estimate of drug-likeness (QED) is 0.678. The molecule has 4 N–H and O–H groups in total. The fourth-order valence-corrected chi connectivity index (χ4v) is 4.30. The van der Waals surface area contributed by atoms with Gasteiger partial charge in [0.1, 0.15) is 6.04 Å². The van der Waals surface area contributed by atoms with E-state index in [2.05, 4.69) is 10.6 Å². The summed E-state index contributed by atoms with van der Waals surface area (Å²) in [5, 5.41) is 5.86. The lowest BCUT2D eigenvalue weighted by molar-refractivity contribution is -0.136.